The summed E-state index contributed by atoms with van der Waals surface area (Å²) in [5.41, 5.74) is 0. The quantitative estimate of drug-likeness (QED) is 0.668. The largest absolute Gasteiger partial charge is 0.303 e. The zero-order valence-electron chi connectivity index (χ0n) is 9.67. The fraction of sp³-hybridized carbons (Fsp3) is 1.00. The summed E-state index contributed by atoms with van der Waals surface area (Å²) in [5, 5.41) is 0. The van der Waals surface area contributed by atoms with Gasteiger partial charge in [-0.1, -0.05) is 32.6 Å². The monoisotopic (exact) mass is 195 g/mol. The molecule has 1 aliphatic heterocycles. The second-order valence-corrected chi connectivity index (χ2v) is 5.25. The van der Waals surface area contributed by atoms with Gasteiger partial charge in [0.05, 0.1) is 0 Å². The van der Waals surface area contributed by atoms with Gasteiger partial charge in [-0.25, -0.2) is 0 Å². The van der Waals surface area contributed by atoms with E-state index in [4.69, 9.17) is 0 Å². The summed E-state index contributed by atoms with van der Waals surface area (Å²) in [4.78, 5) is 2.72. The molecule has 1 aliphatic carbocycles. The first-order chi connectivity index (χ1) is 6.90. The van der Waals surface area contributed by atoms with Gasteiger partial charge in [-0.3, -0.25) is 0 Å². The van der Waals surface area contributed by atoms with Crippen molar-refractivity contribution in [2.24, 2.45) is 11.8 Å². The van der Waals surface area contributed by atoms with Gasteiger partial charge in [0.15, 0.2) is 0 Å². The van der Waals surface area contributed by atoms with Crippen molar-refractivity contribution in [1.29, 1.82) is 0 Å². The van der Waals surface area contributed by atoms with E-state index in [1.807, 2.05) is 0 Å². The molecule has 1 saturated heterocycles. The molecule has 0 spiro atoms. The maximum absolute atomic E-state index is 2.72. The molecule has 0 radical (unpaired) electrons. The summed E-state index contributed by atoms with van der Waals surface area (Å²) in [6, 6.07) is 0. The second-order valence-electron chi connectivity index (χ2n) is 5.25. The van der Waals surface area contributed by atoms with E-state index in [-0.39, 0.29) is 0 Å². The minimum atomic E-state index is 1.06. The van der Waals surface area contributed by atoms with E-state index in [2.05, 4.69) is 11.8 Å². The molecular weight excluding hydrogens is 170 g/mol. The molecule has 2 rings (SSSR count). The zero-order valence-corrected chi connectivity index (χ0v) is 9.67. The van der Waals surface area contributed by atoms with E-state index >= 15 is 0 Å². The van der Waals surface area contributed by atoms with Gasteiger partial charge in [0.1, 0.15) is 0 Å². The van der Waals surface area contributed by atoms with E-state index in [1.165, 1.54) is 64.6 Å². The predicted octanol–water partition coefficient (Wildman–Crippen LogP) is 3.30. The van der Waals surface area contributed by atoms with E-state index in [0.717, 1.165) is 11.8 Å². The van der Waals surface area contributed by atoms with Crippen LogP contribution in [-0.4, -0.2) is 24.5 Å². The molecular formula is C13H25N. The van der Waals surface area contributed by atoms with E-state index in [9.17, 15) is 0 Å². The fourth-order valence-corrected chi connectivity index (χ4v) is 3.26. The van der Waals surface area contributed by atoms with Gasteiger partial charge < -0.3 is 4.90 Å². The molecule has 1 saturated carbocycles. The lowest BCUT2D eigenvalue weighted by atomic mass is 9.75. The number of nitrogens with zero attached hydrogens (tertiary/aromatic N) is 1. The number of rotatable bonds is 3. The molecule has 0 amide bonds. The SMILES string of the molecule is CCCCN1CCC2CCCCC2C1. The summed E-state index contributed by atoms with van der Waals surface area (Å²) in [5.74, 6) is 2.16. The third-order valence-electron chi connectivity index (χ3n) is 4.20. The Morgan fingerprint density at radius 1 is 1.07 bits per heavy atom. The van der Waals surface area contributed by atoms with Crippen molar-refractivity contribution >= 4 is 0 Å². The molecule has 2 atom stereocenters. The molecule has 0 N–H and O–H groups in total. The fourth-order valence-electron chi connectivity index (χ4n) is 3.26. The summed E-state index contributed by atoms with van der Waals surface area (Å²) < 4.78 is 0. The number of unbranched alkanes of at least 4 members (excludes halogenated alkanes) is 1. The highest BCUT2D eigenvalue weighted by atomic mass is 15.1. The van der Waals surface area contributed by atoms with Gasteiger partial charge in [-0.05, 0) is 44.2 Å². The van der Waals surface area contributed by atoms with Gasteiger partial charge in [-0.2, -0.15) is 0 Å². The van der Waals surface area contributed by atoms with E-state index in [1.54, 1.807) is 0 Å². The Kier molecular flexibility index (Phi) is 3.86. The highest BCUT2D eigenvalue weighted by molar-refractivity contribution is 4.83. The highest BCUT2D eigenvalue weighted by Crippen LogP contribution is 2.35. The van der Waals surface area contributed by atoms with Crippen LogP contribution in [0.15, 0.2) is 0 Å². The van der Waals surface area contributed by atoms with Crippen LogP contribution < -0.4 is 0 Å². The van der Waals surface area contributed by atoms with Gasteiger partial charge in [0.25, 0.3) is 0 Å². The minimum absolute atomic E-state index is 1.06. The Morgan fingerprint density at radius 3 is 2.64 bits per heavy atom. The Labute approximate surface area is 88.9 Å². The molecule has 1 heterocycles. The van der Waals surface area contributed by atoms with Crippen molar-refractivity contribution in [2.75, 3.05) is 19.6 Å². The smallest absolute Gasteiger partial charge is 0.00123 e. The lowest BCUT2D eigenvalue weighted by Crippen LogP contribution is -2.42. The van der Waals surface area contributed by atoms with Crippen molar-refractivity contribution < 1.29 is 0 Å². The molecule has 0 bridgehead atoms. The number of hydrogen-bond acceptors (Lipinski definition) is 1. The molecule has 2 aliphatic rings. The Bertz CT molecular complexity index is 167. The van der Waals surface area contributed by atoms with Crippen LogP contribution >= 0.6 is 0 Å². The molecule has 2 unspecified atom stereocenters. The van der Waals surface area contributed by atoms with Crippen LogP contribution in [-0.2, 0) is 0 Å². The molecule has 0 aromatic carbocycles. The highest BCUT2D eigenvalue weighted by Gasteiger charge is 2.30. The molecule has 1 nitrogen and oxygen atoms in total. The van der Waals surface area contributed by atoms with Crippen LogP contribution in [0.5, 0.6) is 0 Å². The summed E-state index contributed by atoms with van der Waals surface area (Å²) in [6.07, 6.45) is 10.3. The minimum Gasteiger partial charge on any atom is -0.303 e. The second kappa shape index (κ2) is 5.16. The van der Waals surface area contributed by atoms with Crippen LogP contribution in [0.4, 0.5) is 0 Å². The third kappa shape index (κ3) is 2.50. The summed E-state index contributed by atoms with van der Waals surface area (Å²) >= 11 is 0. The van der Waals surface area contributed by atoms with E-state index in [0.29, 0.717) is 0 Å². The maximum Gasteiger partial charge on any atom is 0.00123 e. The summed E-state index contributed by atoms with van der Waals surface area (Å²) in [7, 11) is 0. The molecule has 0 aromatic heterocycles. The van der Waals surface area contributed by atoms with Gasteiger partial charge in [0.2, 0.25) is 0 Å². The average Bonchev–Trinajstić information content (AvgIpc) is 2.26. The van der Waals surface area contributed by atoms with Crippen LogP contribution in [0.25, 0.3) is 0 Å². The predicted molar refractivity (Wildman–Crippen MR) is 61.4 cm³/mol. The van der Waals surface area contributed by atoms with Gasteiger partial charge in [-0.15, -0.1) is 0 Å². The van der Waals surface area contributed by atoms with Crippen LogP contribution in [0.1, 0.15) is 51.9 Å². The van der Waals surface area contributed by atoms with Crippen molar-refractivity contribution in [1.82, 2.24) is 4.90 Å². The lowest BCUT2D eigenvalue weighted by Gasteiger charge is -2.41. The van der Waals surface area contributed by atoms with Crippen molar-refractivity contribution in [3.63, 3.8) is 0 Å². The number of piperidine rings is 1. The van der Waals surface area contributed by atoms with Crippen molar-refractivity contribution in [3.8, 4) is 0 Å². The van der Waals surface area contributed by atoms with Crippen LogP contribution in [0, 0.1) is 11.8 Å². The van der Waals surface area contributed by atoms with Gasteiger partial charge >= 0.3 is 0 Å². The lowest BCUT2D eigenvalue weighted by molar-refractivity contribution is 0.0860. The standard InChI is InChI=1S/C13H25N/c1-2-3-9-14-10-8-12-6-4-5-7-13(12)11-14/h12-13H,2-11H2,1H3. The number of hydrogen-bond donors (Lipinski definition) is 0. The zero-order chi connectivity index (χ0) is 9.80. The normalized spacial score (nSPS) is 34.1. The van der Waals surface area contributed by atoms with Crippen molar-refractivity contribution in [2.45, 2.75) is 51.9 Å². The number of fused-ring (bicyclic) bond motifs is 1. The Morgan fingerprint density at radius 2 is 1.86 bits per heavy atom. The molecule has 2 fully saturated rings. The molecule has 14 heavy (non-hydrogen) atoms. The average molecular weight is 195 g/mol. The first-order valence-electron chi connectivity index (χ1n) is 6.62. The Balaban J connectivity index is 1.77. The molecule has 0 aromatic rings. The third-order valence-corrected chi connectivity index (χ3v) is 4.20. The maximum atomic E-state index is 2.72. The van der Waals surface area contributed by atoms with Crippen LogP contribution in [0.3, 0.4) is 0 Å². The molecule has 82 valence electrons. The first-order valence-corrected chi connectivity index (χ1v) is 6.62. The Hall–Kier alpha value is -0.0400. The topological polar surface area (TPSA) is 3.24 Å². The van der Waals surface area contributed by atoms with E-state index < -0.39 is 0 Å². The summed E-state index contributed by atoms with van der Waals surface area (Å²) in [6.45, 7) is 6.47. The number of likely N-dealkylation sites (tertiary alicyclic amines) is 1. The molecule has 1 heteroatoms. The first kappa shape index (κ1) is 10.5. The van der Waals surface area contributed by atoms with Crippen LogP contribution in [0.2, 0.25) is 0 Å². The van der Waals surface area contributed by atoms with Gasteiger partial charge in [0, 0.05) is 6.54 Å². The van der Waals surface area contributed by atoms with Crippen molar-refractivity contribution in [3.05, 3.63) is 0 Å².